The van der Waals surface area contributed by atoms with E-state index in [0.29, 0.717) is 0 Å². The molecule has 0 amide bonds. The molecular weight excluding hydrogens is 156 g/mol. The third-order valence-electron chi connectivity index (χ3n) is 4.25. The van der Waals surface area contributed by atoms with Crippen molar-refractivity contribution >= 4 is 0 Å². The second-order valence-electron chi connectivity index (χ2n) is 4.99. The van der Waals surface area contributed by atoms with Crippen LogP contribution in [0, 0.1) is 23.7 Å². The van der Waals surface area contributed by atoms with Crippen LogP contribution in [-0.2, 0) is 0 Å². The van der Waals surface area contributed by atoms with Crippen LogP contribution in [0.1, 0.15) is 32.1 Å². The Bertz CT molecular complexity index is 249. The monoisotopic (exact) mass is 174 g/mol. The molecule has 0 saturated heterocycles. The van der Waals surface area contributed by atoms with Crippen molar-refractivity contribution in [3.63, 3.8) is 0 Å². The number of hydrogen-bond donors (Lipinski definition) is 0. The lowest BCUT2D eigenvalue weighted by Gasteiger charge is -2.29. The van der Waals surface area contributed by atoms with E-state index in [1.807, 2.05) is 0 Å². The first-order valence-electron chi connectivity index (χ1n) is 5.77. The minimum absolute atomic E-state index is 0.959. The van der Waals surface area contributed by atoms with E-state index >= 15 is 0 Å². The normalized spacial score (nSPS) is 47.4. The lowest BCUT2D eigenvalue weighted by atomic mass is 9.76. The highest BCUT2D eigenvalue weighted by atomic mass is 14.4. The molecule has 0 heteroatoms. The zero-order chi connectivity index (χ0) is 8.67. The Balaban J connectivity index is 1.72. The number of fused-ring (bicyclic) bond motifs is 2. The second-order valence-corrected chi connectivity index (χ2v) is 4.99. The van der Waals surface area contributed by atoms with Crippen LogP contribution in [-0.4, -0.2) is 0 Å². The van der Waals surface area contributed by atoms with Crippen molar-refractivity contribution in [1.29, 1.82) is 0 Å². The summed E-state index contributed by atoms with van der Waals surface area (Å²) in [5.74, 6) is 3.98. The molecule has 3 aliphatic carbocycles. The number of allylic oxidation sites excluding steroid dienone is 4. The topological polar surface area (TPSA) is 0 Å². The average Bonchev–Trinajstić information content (AvgIpc) is 2.80. The number of rotatable bonds is 1. The highest BCUT2D eigenvalue weighted by Gasteiger charge is 2.39. The Hall–Kier alpha value is -0.520. The largest absolute Gasteiger partial charge is 0.0885 e. The van der Waals surface area contributed by atoms with Gasteiger partial charge < -0.3 is 0 Å². The van der Waals surface area contributed by atoms with Crippen molar-refractivity contribution in [2.45, 2.75) is 32.1 Å². The quantitative estimate of drug-likeness (QED) is 0.533. The van der Waals surface area contributed by atoms with Gasteiger partial charge in [0.1, 0.15) is 0 Å². The fourth-order valence-corrected chi connectivity index (χ4v) is 3.57. The van der Waals surface area contributed by atoms with E-state index < -0.39 is 0 Å². The maximum atomic E-state index is 2.50. The molecule has 70 valence electrons. The van der Waals surface area contributed by atoms with Crippen molar-refractivity contribution in [2.75, 3.05) is 0 Å². The molecule has 0 nitrogen and oxygen atoms in total. The summed E-state index contributed by atoms with van der Waals surface area (Å²) in [6, 6.07) is 0. The molecule has 0 N–H and O–H groups in total. The zero-order valence-electron chi connectivity index (χ0n) is 8.15. The van der Waals surface area contributed by atoms with Gasteiger partial charge in [0.05, 0.1) is 0 Å². The van der Waals surface area contributed by atoms with E-state index in [1.165, 1.54) is 32.1 Å². The van der Waals surface area contributed by atoms with Crippen LogP contribution in [0.15, 0.2) is 24.3 Å². The van der Waals surface area contributed by atoms with Gasteiger partial charge in [0.15, 0.2) is 0 Å². The van der Waals surface area contributed by atoms with Crippen molar-refractivity contribution in [3.05, 3.63) is 24.3 Å². The average molecular weight is 174 g/mol. The zero-order valence-corrected chi connectivity index (χ0v) is 8.15. The van der Waals surface area contributed by atoms with Gasteiger partial charge in [-0.25, -0.2) is 0 Å². The van der Waals surface area contributed by atoms with E-state index in [-0.39, 0.29) is 0 Å². The van der Waals surface area contributed by atoms with E-state index in [9.17, 15) is 0 Å². The van der Waals surface area contributed by atoms with Gasteiger partial charge in [-0.05, 0) is 55.8 Å². The predicted octanol–water partition coefficient (Wildman–Crippen LogP) is 3.55. The molecule has 13 heavy (non-hydrogen) atoms. The van der Waals surface area contributed by atoms with Crippen molar-refractivity contribution in [2.24, 2.45) is 23.7 Å². The second kappa shape index (κ2) is 3.01. The summed E-state index contributed by atoms with van der Waals surface area (Å²) < 4.78 is 0. The van der Waals surface area contributed by atoms with Crippen LogP contribution in [0.4, 0.5) is 0 Å². The Kier molecular flexibility index (Phi) is 1.81. The minimum Gasteiger partial charge on any atom is -0.0885 e. The highest BCUT2D eigenvalue weighted by molar-refractivity contribution is 5.12. The number of hydrogen-bond acceptors (Lipinski definition) is 0. The molecule has 4 atom stereocenters. The van der Waals surface area contributed by atoms with Crippen LogP contribution >= 0.6 is 0 Å². The third-order valence-corrected chi connectivity index (χ3v) is 4.25. The summed E-state index contributed by atoms with van der Waals surface area (Å²) in [5.41, 5.74) is 0. The maximum Gasteiger partial charge on any atom is -0.0196 e. The molecule has 0 radical (unpaired) electrons. The molecule has 0 spiro atoms. The predicted molar refractivity (Wildman–Crippen MR) is 55.3 cm³/mol. The Morgan fingerprint density at radius 3 is 2.62 bits per heavy atom. The molecule has 1 saturated carbocycles. The van der Waals surface area contributed by atoms with Crippen LogP contribution in [0.5, 0.6) is 0 Å². The van der Waals surface area contributed by atoms with Crippen LogP contribution in [0.25, 0.3) is 0 Å². The third kappa shape index (κ3) is 1.27. The Morgan fingerprint density at radius 2 is 2.00 bits per heavy atom. The van der Waals surface area contributed by atoms with Gasteiger partial charge in [-0.15, -0.1) is 0 Å². The van der Waals surface area contributed by atoms with Gasteiger partial charge in [0.25, 0.3) is 0 Å². The fourth-order valence-electron chi connectivity index (χ4n) is 3.57. The molecule has 0 heterocycles. The molecule has 0 aromatic carbocycles. The SMILES string of the molecule is C1=CCC([C@@H]2C[C@@H]3C=C[C@H]2C3)CC1. The lowest BCUT2D eigenvalue weighted by Crippen LogP contribution is -2.19. The maximum absolute atomic E-state index is 2.50. The first-order chi connectivity index (χ1) is 6.43. The fraction of sp³-hybridized carbons (Fsp3) is 0.692. The van der Waals surface area contributed by atoms with Gasteiger partial charge >= 0.3 is 0 Å². The highest BCUT2D eigenvalue weighted by Crippen LogP contribution is 2.49. The summed E-state index contributed by atoms with van der Waals surface area (Å²) in [5, 5.41) is 0. The van der Waals surface area contributed by atoms with Crippen LogP contribution < -0.4 is 0 Å². The Morgan fingerprint density at radius 1 is 1.00 bits per heavy atom. The molecule has 1 fully saturated rings. The van der Waals surface area contributed by atoms with Gasteiger partial charge in [-0.1, -0.05) is 24.3 Å². The Labute approximate surface area is 80.7 Å². The van der Waals surface area contributed by atoms with Crippen molar-refractivity contribution < 1.29 is 0 Å². The van der Waals surface area contributed by atoms with E-state index in [1.54, 1.807) is 0 Å². The van der Waals surface area contributed by atoms with Crippen molar-refractivity contribution in [3.8, 4) is 0 Å². The molecule has 3 aliphatic rings. The van der Waals surface area contributed by atoms with E-state index in [4.69, 9.17) is 0 Å². The summed E-state index contributed by atoms with van der Waals surface area (Å²) in [6.07, 6.45) is 16.9. The molecule has 0 aromatic heterocycles. The first kappa shape index (κ1) is 7.84. The summed E-state index contributed by atoms with van der Waals surface area (Å²) in [6.45, 7) is 0. The van der Waals surface area contributed by atoms with E-state index in [0.717, 1.165) is 23.7 Å². The summed E-state index contributed by atoms with van der Waals surface area (Å²) in [7, 11) is 0. The molecular formula is C13H18. The summed E-state index contributed by atoms with van der Waals surface area (Å²) in [4.78, 5) is 0. The van der Waals surface area contributed by atoms with Crippen molar-refractivity contribution in [1.82, 2.24) is 0 Å². The first-order valence-corrected chi connectivity index (χ1v) is 5.77. The molecule has 2 bridgehead atoms. The molecule has 0 aliphatic heterocycles. The van der Waals surface area contributed by atoms with Gasteiger partial charge in [0, 0.05) is 0 Å². The smallest absolute Gasteiger partial charge is 0.0196 e. The lowest BCUT2D eigenvalue weighted by molar-refractivity contribution is 0.268. The van der Waals surface area contributed by atoms with Gasteiger partial charge in [-0.2, -0.15) is 0 Å². The van der Waals surface area contributed by atoms with Gasteiger partial charge in [-0.3, -0.25) is 0 Å². The van der Waals surface area contributed by atoms with E-state index in [2.05, 4.69) is 24.3 Å². The standard InChI is InChI=1S/C13H18/c1-2-4-11(5-3-1)13-9-10-6-7-12(13)8-10/h1-2,6-7,10-13H,3-5,8-9H2/t10-,11?,12+,13+/m1/s1. The minimum atomic E-state index is 0.959. The molecule has 1 unspecified atom stereocenters. The van der Waals surface area contributed by atoms with Crippen LogP contribution in [0.3, 0.4) is 0 Å². The summed E-state index contributed by atoms with van der Waals surface area (Å²) >= 11 is 0. The van der Waals surface area contributed by atoms with Crippen LogP contribution in [0.2, 0.25) is 0 Å². The molecule has 3 rings (SSSR count). The van der Waals surface area contributed by atoms with Gasteiger partial charge in [0.2, 0.25) is 0 Å². The molecule has 0 aromatic rings.